The fraction of sp³-hybridized carbons (Fsp3) is 0. The molecule has 0 aromatic heterocycles. The zero-order valence-electron chi connectivity index (χ0n) is 13.3. The second-order valence-corrected chi connectivity index (χ2v) is 2.00. The van der Waals surface area contributed by atoms with Crippen LogP contribution in [0.15, 0.2) is 0 Å². The molecular formula is H16B6Ca2O19. The van der Waals surface area contributed by atoms with E-state index in [0.717, 1.165) is 0 Å². The van der Waals surface area contributed by atoms with Crippen molar-refractivity contribution in [1.29, 1.82) is 0 Å². The average Bonchev–Trinajstić information content (AvgIpc) is 2.08. The van der Waals surface area contributed by atoms with Crippen LogP contribution in [0.5, 0.6) is 0 Å². The van der Waals surface area contributed by atoms with E-state index in [4.69, 9.17) is 90.4 Å². The summed E-state index contributed by atoms with van der Waals surface area (Å²) in [5.74, 6) is 0. The Kier molecular flexibility index (Phi) is 108. The smallest absolute Gasteiger partial charge is 0.907 e. The summed E-state index contributed by atoms with van der Waals surface area (Å²) < 4.78 is 0. The van der Waals surface area contributed by atoms with E-state index >= 15 is 0 Å². The van der Waals surface area contributed by atoms with Crippen LogP contribution >= 0.6 is 0 Å². The zero-order valence-corrected chi connectivity index (χ0v) is 17.7. The maximum absolute atomic E-state index is 8.64. The van der Waals surface area contributed by atoms with Gasteiger partial charge in [-0.25, -0.2) is 0 Å². The second kappa shape index (κ2) is 51.1. The van der Waals surface area contributed by atoms with Crippen LogP contribution in [0, 0.1) is 0 Å². The van der Waals surface area contributed by atoms with E-state index in [9.17, 15) is 0 Å². The first kappa shape index (κ1) is 56.9. The molecule has 0 saturated carbocycles. The average molecular weight is 465 g/mol. The van der Waals surface area contributed by atoms with Crippen LogP contribution in [0.1, 0.15) is 0 Å². The van der Waals surface area contributed by atoms with Gasteiger partial charge in [0.15, 0.2) is 0 Å². The summed E-state index contributed by atoms with van der Waals surface area (Å²) in [5.41, 5.74) is 0. The van der Waals surface area contributed by atoms with Gasteiger partial charge in [0, 0.05) is 0 Å². The Labute approximate surface area is 213 Å². The summed E-state index contributed by atoms with van der Waals surface area (Å²) in [6, 6.07) is 0. The Morgan fingerprint density at radius 3 is 0.370 bits per heavy atom. The predicted molar refractivity (Wildman–Crippen MR) is 80.7 cm³/mol. The molecule has 0 fully saturated rings. The van der Waals surface area contributed by atoms with Crippen molar-refractivity contribution in [2.45, 2.75) is 0 Å². The molecule has 152 valence electrons. The third kappa shape index (κ3) is 4170. The van der Waals surface area contributed by atoms with Crippen LogP contribution in [0.4, 0.5) is 0 Å². The molecule has 0 bridgehead atoms. The Hall–Kier alpha value is 2.15. The van der Waals surface area contributed by atoms with Gasteiger partial charge in [-0.1, -0.05) is 0 Å². The molecule has 0 saturated heterocycles. The van der Waals surface area contributed by atoms with E-state index in [1.165, 1.54) is 0 Å². The molecule has 0 rings (SSSR count). The molecule has 0 aliphatic rings. The third-order valence-corrected chi connectivity index (χ3v) is 0. The summed E-state index contributed by atoms with van der Waals surface area (Å²) in [6.07, 6.45) is 0. The van der Waals surface area contributed by atoms with Crippen LogP contribution in [0.3, 0.4) is 0 Å². The van der Waals surface area contributed by atoms with Crippen LogP contribution < -0.4 is 20.1 Å². The Balaban J connectivity index is -0.0000000201. The maximum atomic E-state index is 8.64. The summed E-state index contributed by atoms with van der Waals surface area (Å²) >= 11 is 0. The molecule has 0 aromatic rings. The molecule has 0 amide bonds. The minimum absolute atomic E-state index is 0. The van der Waals surface area contributed by atoms with Gasteiger partial charge < -0.3 is 95.9 Å². The van der Waals surface area contributed by atoms with Crippen molar-refractivity contribution in [2.24, 2.45) is 0 Å². The van der Waals surface area contributed by atoms with E-state index < -0.39 is 43.9 Å². The summed E-state index contributed by atoms with van der Waals surface area (Å²) in [5, 5.41) is 134. The standard InChI is InChI=1S/4BH3O3.BH2O3.BO3.2Ca.H2O/c6*2-1(3)4;;;/h4*2-4H;2-3H;;;;1H2/q;;;;-1;-3;2*+2;. The van der Waals surface area contributed by atoms with E-state index in [2.05, 4.69) is 0 Å². The Morgan fingerprint density at radius 1 is 0.370 bits per heavy atom. The van der Waals surface area contributed by atoms with Crippen molar-refractivity contribution < 1.29 is 95.9 Å². The fourth-order valence-corrected chi connectivity index (χ4v) is 0. The first-order chi connectivity index (χ1) is 10.4. The van der Waals surface area contributed by atoms with Crippen LogP contribution in [0.25, 0.3) is 0 Å². The molecule has 16 N–H and O–H groups in total. The first-order valence-corrected chi connectivity index (χ1v) is 4.56. The van der Waals surface area contributed by atoms with Crippen LogP contribution in [-0.2, 0) is 0 Å². The maximum Gasteiger partial charge on any atom is 2.00 e. The molecule has 0 unspecified atom stereocenters. The van der Waals surface area contributed by atoms with Gasteiger partial charge in [0.1, 0.15) is 0 Å². The minimum atomic E-state index is -2.92. The van der Waals surface area contributed by atoms with Gasteiger partial charge in [-0.05, 0) is 0 Å². The van der Waals surface area contributed by atoms with Crippen molar-refractivity contribution in [3.8, 4) is 0 Å². The summed E-state index contributed by atoms with van der Waals surface area (Å²) in [4.78, 5) is 0. The van der Waals surface area contributed by atoms with Gasteiger partial charge in [-0.15, -0.1) is 0 Å². The largest absolute Gasteiger partial charge is 2.00 e. The van der Waals surface area contributed by atoms with Crippen LogP contribution in [-0.4, -0.2) is 195 Å². The Bertz CT molecular complexity index is 105. The van der Waals surface area contributed by atoms with Gasteiger partial charge in [-0.3, -0.25) is 7.32 Å². The second-order valence-electron chi connectivity index (χ2n) is 2.00. The summed E-state index contributed by atoms with van der Waals surface area (Å²) in [6.45, 7) is 0. The number of hydrogen-bond acceptors (Lipinski definition) is 18. The molecule has 0 heterocycles. The molecule has 0 spiro atoms. The van der Waals surface area contributed by atoms with Gasteiger partial charge in [0.25, 0.3) is 0 Å². The van der Waals surface area contributed by atoms with Crippen LogP contribution in [0.2, 0.25) is 0 Å². The Morgan fingerprint density at radius 2 is 0.370 bits per heavy atom. The monoisotopic (exact) mass is 466 g/mol. The minimum Gasteiger partial charge on any atom is -0.907 e. The van der Waals surface area contributed by atoms with Crippen molar-refractivity contribution in [1.82, 2.24) is 0 Å². The SMILES string of the molecule is O.OB(O)O.OB(O)O.OB(O)O.OB(O)O.[Ca+2].[Ca+2].[O-]B(O)O.[O-]B([O-])[O-]. The molecule has 19 nitrogen and oxygen atoms in total. The fourth-order valence-electron chi connectivity index (χ4n) is 0. The number of rotatable bonds is 0. The molecule has 0 radical (unpaired) electrons. The summed E-state index contributed by atoms with van der Waals surface area (Å²) in [7, 11) is -14.0. The quantitative estimate of drug-likeness (QED) is 0.147. The molecule has 0 aromatic carbocycles. The van der Waals surface area contributed by atoms with E-state index in [1.807, 2.05) is 0 Å². The molecule has 0 aliphatic carbocycles. The zero-order chi connectivity index (χ0) is 21.5. The predicted octanol–water partition coefficient (Wildman–Crippen LogP) is -16.4. The molecule has 27 heavy (non-hydrogen) atoms. The molecule has 0 atom stereocenters. The van der Waals surface area contributed by atoms with Crippen molar-refractivity contribution in [3.05, 3.63) is 0 Å². The first-order valence-electron chi connectivity index (χ1n) is 4.56. The topological polar surface area (TPSA) is 407 Å². The number of hydrogen-bond donors (Lipinski definition) is 14. The van der Waals surface area contributed by atoms with E-state index in [-0.39, 0.29) is 81.0 Å². The molecule has 0 aliphatic heterocycles. The van der Waals surface area contributed by atoms with Crippen molar-refractivity contribution >= 4 is 119 Å². The molecular weight excluding hydrogens is 449 g/mol. The van der Waals surface area contributed by atoms with Gasteiger partial charge in [0.2, 0.25) is 0 Å². The third-order valence-electron chi connectivity index (χ3n) is 0. The van der Waals surface area contributed by atoms with Crippen molar-refractivity contribution in [2.75, 3.05) is 0 Å². The normalized spacial score (nSPS) is 6.00. The van der Waals surface area contributed by atoms with E-state index in [1.54, 1.807) is 0 Å². The van der Waals surface area contributed by atoms with Crippen molar-refractivity contribution in [3.63, 3.8) is 0 Å². The van der Waals surface area contributed by atoms with Gasteiger partial charge >= 0.3 is 112 Å². The van der Waals surface area contributed by atoms with E-state index in [0.29, 0.717) is 0 Å². The van der Waals surface area contributed by atoms with Gasteiger partial charge in [-0.2, -0.15) is 0 Å². The van der Waals surface area contributed by atoms with Gasteiger partial charge in [0.05, 0.1) is 0 Å². The molecule has 27 heteroatoms.